The van der Waals surface area contributed by atoms with Crippen LogP contribution in [-0.2, 0) is 6.61 Å². The molecule has 7 nitrogen and oxygen atoms in total. The molecule has 0 aliphatic carbocycles. The van der Waals surface area contributed by atoms with Crippen LogP contribution in [0.25, 0.3) is 0 Å². The van der Waals surface area contributed by atoms with Gasteiger partial charge in [-0.1, -0.05) is 12.1 Å². The molecule has 0 aliphatic heterocycles. The zero-order valence-electron chi connectivity index (χ0n) is 12.5. The van der Waals surface area contributed by atoms with Gasteiger partial charge < -0.3 is 19.9 Å². The number of carbonyl (C=O) groups is 1. The molecule has 0 radical (unpaired) electrons. The molecule has 1 heterocycles. The van der Waals surface area contributed by atoms with Gasteiger partial charge in [-0.15, -0.1) is 0 Å². The number of rotatable bonds is 7. The number of H-pyrrole nitrogens is 1. The Kier molecular flexibility index (Phi) is 5.37. The summed E-state index contributed by atoms with van der Waals surface area (Å²) in [5.41, 5.74) is 0.909. The van der Waals surface area contributed by atoms with Gasteiger partial charge in [-0.25, -0.2) is 0 Å². The number of hydrogen-bond acceptors (Lipinski definition) is 5. The number of hydrogen-bond donors (Lipinski definition) is 3. The minimum atomic E-state index is -0.346. The van der Waals surface area contributed by atoms with E-state index in [0.29, 0.717) is 17.2 Å². The predicted molar refractivity (Wildman–Crippen MR) is 79.9 cm³/mol. The molecule has 118 valence electrons. The third kappa shape index (κ3) is 3.98. The number of aliphatic hydroxyl groups is 1. The fourth-order valence-corrected chi connectivity index (χ4v) is 1.79. The number of ether oxygens (including phenoxy) is 2. The van der Waals surface area contributed by atoms with Crippen molar-refractivity contribution in [2.24, 2.45) is 0 Å². The van der Waals surface area contributed by atoms with E-state index in [0.717, 1.165) is 0 Å². The second kappa shape index (κ2) is 7.46. The first-order chi connectivity index (χ1) is 10.6. The number of methoxy groups -OCH3 is 1. The second-order valence-electron chi connectivity index (χ2n) is 4.78. The summed E-state index contributed by atoms with van der Waals surface area (Å²) < 4.78 is 10.8. The Hall–Kier alpha value is -2.54. The molecule has 0 fully saturated rings. The number of carbonyl (C=O) groups excluding carboxylic acids is 1. The van der Waals surface area contributed by atoms with Crippen LogP contribution in [0.3, 0.4) is 0 Å². The number of amides is 1. The third-order valence-corrected chi connectivity index (χ3v) is 2.97. The van der Waals surface area contributed by atoms with Crippen molar-refractivity contribution in [3.63, 3.8) is 0 Å². The van der Waals surface area contributed by atoms with Crippen molar-refractivity contribution in [3.8, 4) is 11.5 Å². The Morgan fingerprint density at radius 3 is 2.82 bits per heavy atom. The van der Waals surface area contributed by atoms with Gasteiger partial charge in [-0.2, -0.15) is 5.10 Å². The van der Waals surface area contributed by atoms with Crippen LogP contribution in [0.2, 0.25) is 0 Å². The second-order valence-corrected chi connectivity index (χ2v) is 4.78. The molecule has 0 bridgehead atoms. The maximum absolute atomic E-state index is 11.8. The Labute approximate surface area is 128 Å². The van der Waals surface area contributed by atoms with Crippen molar-refractivity contribution in [1.29, 1.82) is 0 Å². The van der Waals surface area contributed by atoms with Crippen molar-refractivity contribution >= 4 is 5.91 Å². The monoisotopic (exact) mass is 305 g/mol. The van der Waals surface area contributed by atoms with Crippen LogP contribution in [0.1, 0.15) is 23.1 Å². The lowest BCUT2D eigenvalue weighted by atomic mass is 10.3. The van der Waals surface area contributed by atoms with Crippen LogP contribution in [0, 0.1) is 0 Å². The summed E-state index contributed by atoms with van der Waals surface area (Å²) in [6, 6.07) is 8.59. The average Bonchev–Trinajstić information content (AvgIpc) is 3.02. The van der Waals surface area contributed by atoms with E-state index >= 15 is 0 Å². The molecular weight excluding hydrogens is 286 g/mol. The lowest BCUT2D eigenvalue weighted by molar-refractivity contribution is 0.0917. The summed E-state index contributed by atoms with van der Waals surface area (Å²) in [5, 5.41) is 18.2. The lowest BCUT2D eigenvalue weighted by Crippen LogP contribution is -2.35. The van der Waals surface area contributed by atoms with Crippen LogP contribution in [0.4, 0.5) is 0 Å². The number of aromatic nitrogens is 2. The topological polar surface area (TPSA) is 96.5 Å². The molecule has 0 spiro atoms. The summed E-state index contributed by atoms with van der Waals surface area (Å²) in [6.07, 6.45) is 0. The molecule has 3 N–H and O–H groups in total. The van der Waals surface area contributed by atoms with E-state index in [1.165, 1.54) is 0 Å². The molecule has 22 heavy (non-hydrogen) atoms. The van der Waals surface area contributed by atoms with Gasteiger partial charge in [0.05, 0.1) is 19.4 Å². The minimum Gasteiger partial charge on any atom is -0.493 e. The molecule has 0 aliphatic rings. The zero-order chi connectivity index (χ0) is 15.9. The van der Waals surface area contributed by atoms with Crippen molar-refractivity contribution in [2.45, 2.75) is 19.6 Å². The first-order valence-corrected chi connectivity index (χ1v) is 6.86. The van der Waals surface area contributed by atoms with Crippen molar-refractivity contribution in [2.75, 3.05) is 13.7 Å². The van der Waals surface area contributed by atoms with Gasteiger partial charge in [-0.3, -0.25) is 9.89 Å². The highest BCUT2D eigenvalue weighted by Gasteiger charge is 2.13. The molecule has 1 amide bonds. The van der Waals surface area contributed by atoms with Crippen LogP contribution >= 0.6 is 0 Å². The van der Waals surface area contributed by atoms with Crippen molar-refractivity contribution < 1.29 is 19.4 Å². The molecule has 2 rings (SSSR count). The van der Waals surface area contributed by atoms with Crippen LogP contribution < -0.4 is 14.8 Å². The fourth-order valence-electron chi connectivity index (χ4n) is 1.79. The number of benzene rings is 1. The Morgan fingerprint density at radius 1 is 1.41 bits per heavy atom. The van der Waals surface area contributed by atoms with E-state index in [-0.39, 0.29) is 30.9 Å². The first-order valence-electron chi connectivity index (χ1n) is 6.86. The minimum absolute atomic E-state index is 0.125. The molecule has 0 saturated heterocycles. The summed E-state index contributed by atoms with van der Waals surface area (Å²) in [5.74, 6) is 0.901. The molecule has 1 atom stereocenters. The predicted octanol–water partition coefficient (Wildman–Crippen LogP) is 1.11. The van der Waals surface area contributed by atoms with Crippen molar-refractivity contribution in [3.05, 3.63) is 41.7 Å². The standard InChI is InChI=1S/C15H19N3O4/c1-10(8-19)16-15(20)12-7-11(17-18-12)9-22-14-6-4-3-5-13(14)21-2/h3-7,10,19H,8-9H2,1-2H3,(H,16,20)(H,17,18)/t10-/m0/s1. The highest BCUT2D eigenvalue weighted by atomic mass is 16.5. The van der Waals surface area contributed by atoms with Crippen molar-refractivity contribution in [1.82, 2.24) is 15.5 Å². The molecule has 7 heteroatoms. The van der Waals surface area contributed by atoms with E-state index in [1.807, 2.05) is 12.1 Å². The lowest BCUT2D eigenvalue weighted by Gasteiger charge is -2.09. The quantitative estimate of drug-likeness (QED) is 0.712. The number of nitrogens with zero attached hydrogens (tertiary/aromatic N) is 1. The maximum atomic E-state index is 11.8. The van der Waals surface area contributed by atoms with Gasteiger partial charge in [0.25, 0.3) is 5.91 Å². The zero-order valence-corrected chi connectivity index (χ0v) is 12.5. The van der Waals surface area contributed by atoms with Crippen LogP contribution in [0.15, 0.2) is 30.3 Å². The van der Waals surface area contributed by atoms with E-state index in [2.05, 4.69) is 15.5 Å². The van der Waals surface area contributed by atoms with E-state index in [9.17, 15) is 4.79 Å². The Morgan fingerprint density at radius 2 is 2.14 bits per heavy atom. The smallest absolute Gasteiger partial charge is 0.272 e. The number of para-hydroxylation sites is 2. The third-order valence-electron chi connectivity index (χ3n) is 2.97. The largest absolute Gasteiger partial charge is 0.493 e. The summed E-state index contributed by atoms with van der Waals surface area (Å²) >= 11 is 0. The normalized spacial score (nSPS) is 11.8. The Bertz CT molecular complexity index is 627. The highest BCUT2D eigenvalue weighted by molar-refractivity contribution is 5.92. The van der Waals surface area contributed by atoms with Gasteiger partial charge in [0.2, 0.25) is 0 Å². The van der Waals surface area contributed by atoms with Gasteiger partial charge >= 0.3 is 0 Å². The molecule has 1 aromatic heterocycles. The Balaban J connectivity index is 1.96. The fraction of sp³-hybridized carbons (Fsp3) is 0.333. The SMILES string of the molecule is COc1ccccc1OCc1cc(C(=O)N[C@@H](C)CO)n[nH]1. The highest BCUT2D eigenvalue weighted by Crippen LogP contribution is 2.26. The summed E-state index contributed by atoms with van der Waals surface area (Å²) in [7, 11) is 1.57. The number of aromatic amines is 1. The summed E-state index contributed by atoms with van der Waals surface area (Å²) in [4.78, 5) is 11.8. The van der Waals surface area contributed by atoms with Gasteiger partial charge in [0.15, 0.2) is 11.5 Å². The first kappa shape index (κ1) is 15.8. The van der Waals surface area contributed by atoms with Gasteiger partial charge in [0, 0.05) is 6.04 Å². The van der Waals surface area contributed by atoms with E-state index in [4.69, 9.17) is 14.6 Å². The van der Waals surface area contributed by atoms with Crippen LogP contribution in [-0.4, -0.2) is 41.0 Å². The molecule has 2 aromatic rings. The van der Waals surface area contributed by atoms with Gasteiger partial charge in [-0.05, 0) is 25.1 Å². The van der Waals surface area contributed by atoms with E-state index in [1.54, 1.807) is 32.2 Å². The van der Waals surface area contributed by atoms with Crippen LogP contribution in [0.5, 0.6) is 11.5 Å². The summed E-state index contributed by atoms with van der Waals surface area (Å²) in [6.45, 7) is 1.81. The molecule has 0 unspecified atom stereocenters. The average molecular weight is 305 g/mol. The van der Waals surface area contributed by atoms with E-state index < -0.39 is 0 Å². The van der Waals surface area contributed by atoms with Gasteiger partial charge in [0.1, 0.15) is 12.3 Å². The number of nitrogens with one attached hydrogen (secondary N) is 2. The number of aliphatic hydroxyl groups excluding tert-OH is 1. The maximum Gasteiger partial charge on any atom is 0.272 e. The molecule has 1 aromatic carbocycles. The molecular formula is C15H19N3O4. The molecule has 0 saturated carbocycles.